The first-order valence-corrected chi connectivity index (χ1v) is 7.89. The van der Waals surface area contributed by atoms with Gasteiger partial charge in [-0.05, 0) is 24.1 Å². The Balaban J connectivity index is 1.71. The number of piperazine rings is 1. The highest BCUT2D eigenvalue weighted by Crippen LogP contribution is 2.25. The molecule has 1 aliphatic heterocycles. The van der Waals surface area contributed by atoms with Gasteiger partial charge in [0.25, 0.3) is 5.91 Å². The highest BCUT2D eigenvalue weighted by atomic mass is 16.3. The fourth-order valence-corrected chi connectivity index (χ4v) is 2.91. The Kier molecular flexibility index (Phi) is 4.90. The molecule has 1 amide bonds. The maximum atomic E-state index is 11.1. The third-order valence-corrected chi connectivity index (χ3v) is 4.25. The van der Waals surface area contributed by atoms with E-state index in [1.54, 1.807) is 6.20 Å². The van der Waals surface area contributed by atoms with Crippen molar-refractivity contribution in [2.45, 2.75) is 6.92 Å². The van der Waals surface area contributed by atoms with E-state index >= 15 is 0 Å². The molecule has 0 radical (unpaired) electrons. The largest absolute Gasteiger partial charge is 0.353 e. The molecule has 3 rings (SSSR count). The predicted octanol–water partition coefficient (Wildman–Crippen LogP) is 1.87. The van der Waals surface area contributed by atoms with E-state index in [9.17, 15) is 9.70 Å². The molecule has 2 aromatic rings. The van der Waals surface area contributed by atoms with Crippen molar-refractivity contribution in [3.8, 4) is 11.1 Å². The Labute approximate surface area is 140 Å². The van der Waals surface area contributed by atoms with E-state index < -0.39 is 5.91 Å². The second-order valence-corrected chi connectivity index (χ2v) is 5.87. The zero-order chi connectivity index (χ0) is 16.9. The summed E-state index contributed by atoms with van der Waals surface area (Å²) in [4.78, 5) is 25.4. The average molecular weight is 325 g/mol. The average Bonchev–Trinajstić information content (AvgIpc) is 2.63. The summed E-state index contributed by atoms with van der Waals surface area (Å²) in [7, 11) is 0. The zero-order valence-electron chi connectivity index (χ0n) is 13.6. The van der Waals surface area contributed by atoms with Crippen LogP contribution in [0, 0.1) is 11.8 Å². The van der Waals surface area contributed by atoms with Crippen LogP contribution in [0.3, 0.4) is 0 Å². The number of aromatic nitrogens is 2. The summed E-state index contributed by atoms with van der Waals surface area (Å²) < 4.78 is 0. The number of benzene rings is 1. The van der Waals surface area contributed by atoms with Crippen molar-refractivity contribution in [2.75, 3.05) is 37.6 Å². The van der Waals surface area contributed by atoms with Crippen LogP contribution in [0.5, 0.6) is 0 Å². The maximum absolute atomic E-state index is 11.1. The lowest BCUT2D eigenvalue weighted by Crippen LogP contribution is -2.48. The molecule has 0 N–H and O–H groups in total. The second kappa shape index (κ2) is 7.27. The van der Waals surface area contributed by atoms with Crippen LogP contribution in [-0.4, -0.2) is 53.7 Å². The molecule has 0 aliphatic carbocycles. The predicted molar refractivity (Wildman–Crippen MR) is 91.7 cm³/mol. The second-order valence-electron chi connectivity index (χ2n) is 5.87. The standard InChI is InChI=1S/C17H19N5O2/c1-13-4-2-3-5-15(13)14-10-16(19-18-11-14)22-8-6-21(7-9-22)12-17(23)20-24/h2-5,10-11H,6-9,12H2,1H3. The summed E-state index contributed by atoms with van der Waals surface area (Å²) in [5, 5.41) is 10.8. The van der Waals surface area contributed by atoms with Gasteiger partial charge in [0.05, 0.1) is 12.7 Å². The topological polar surface area (TPSA) is 78.8 Å². The van der Waals surface area contributed by atoms with Crippen molar-refractivity contribution < 1.29 is 4.79 Å². The maximum Gasteiger partial charge on any atom is 0.300 e. The summed E-state index contributed by atoms with van der Waals surface area (Å²) >= 11 is 0. The molecule has 1 aromatic carbocycles. The van der Waals surface area contributed by atoms with Crippen molar-refractivity contribution in [1.29, 1.82) is 0 Å². The number of hydrogen-bond acceptors (Lipinski definition) is 6. The molecule has 1 saturated heterocycles. The van der Waals surface area contributed by atoms with Gasteiger partial charge in [-0.2, -0.15) is 5.10 Å². The zero-order valence-corrected chi connectivity index (χ0v) is 13.6. The quantitative estimate of drug-likeness (QED) is 0.799. The molecule has 1 aromatic heterocycles. The number of nitrogens with zero attached hydrogens (tertiary/aromatic N) is 5. The number of carbonyl (C=O) groups is 1. The minimum absolute atomic E-state index is 0.0896. The highest BCUT2D eigenvalue weighted by Gasteiger charge is 2.20. The summed E-state index contributed by atoms with van der Waals surface area (Å²) in [5.41, 5.74) is 3.39. The van der Waals surface area contributed by atoms with Gasteiger partial charge >= 0.3 is 0 Å². The third-order valence-electron chi connectivity index (χ3n) is 4.25. The molecule has 0 spiro atoms. The number of aryl methyl sites for hydroxylation is 1. The van der Waals surface area contributed by atoms with Crippen LogP contribution in [-0.2, 0) is 4.79 Å². The fraction of sp³-hybridized carbons (Fsp3) is 0.353. The van der Waals surface area contributed by atoms with Gasteiger partial charge in [-0.1, -0.05) is 24.3 Å². The van der Waals surface area contributed by atoms with Crippen LogP contribution < -0.4 is 4.90 Å². The first kappa shape index (κ1) is 16.2. The molecule has 1 fully saturated rings. The van der Waals surface area contributed by atoms with E-state index in [-0.39, 0.29) is 6.54 Å². The Bertz CT molecular complexity index is 741. The van der Waals surface area contributed by atoms with Gasteiger partial charge in [0.1, 0.15) is 0 Å². The van der Waals surface area contributed by atoms with E-state index in [0.29, 0.717) is 13.1 Å². The molecule has 124 valence electrons. The van der Waals surface area contributed by atoms with E-state index in [1.165, 1.54) is 5.56 Å². The van der Waals surface area contributed by atoms with Crippen LogP contribution in [0.2, 0.25) is 0 Å². The van der Waals surface area contributed by atoms with Crippen LogP contribution in [0.25, 0.3) is 11.1 Å². The van der Waals surface area contributed by atoms with Crippen molar-refractivity contribution in [3.63, 3.8) is 0 Å². The van der Waals surface area contributed by atoms with Crippen molar-refractivity contribution in [1.82, 2.24) is 15.1 Å². The van der Waals surface area contributed by atoms with Crippen molar-refractivity contribution in [2.24, 2.45) is 5.18 Å². The first-order chi connectivity index (χ1) is 11.7. The Morgan fingerprint density at radius 3 is 2.67 bits per heavy atom. The number of carbonyl (C=O) groups excluding carboxylic acids is 1. The minimum atomic E-state index is -0.621. The highest BCUT2D eigenvalue weighted by molar-refractivity contribution is 5.78. The SMILES string of the molecule is Cc1ccccc1-c1cnnc(N2CCN(CC(=O)N=O)CC2)c1. The molecule has 7 heteroatoms. The fourth-order valence-electron chi connectivity index (χ4n) is 2.91. The molecule has 0 saturated carbocycles. The number of amides is 1. The number of anilines is 1. The van der Waals surface area contributed by atoms with Gasteiger partial charge in [0.15, 0.2) is 5.82 Å². The van der Waals surface area contributed by atoms with Gasteiger partial charge in [-0.15, -0.1) is 10.0 Å². The molecule has 0 bridgehead atoms. The Morgan fingerprint density at radius 2 is 1.96 bits per heavy atom. The molecular weight excluding hydrogens is 306 g/mol. The number of rotatable bonds is 4. The number of nitroso groups, excluding NO2 is 1. The van der Waals surface area contributed by atoms with E-state index in [4.69, 9.17) is 0 Å². The summed E-state index contributed by atoms with van der Waals surface area (Å²) in [6.07, 6.45) is 1.77. The molecule has 1 aliphatic rings. The molecule has 7 nitrogen and oxygen atoms in total. The summed E-state index contributed by atoms with van der Waals surface area (Å²) in [6, 6.07) is 10.2. The Hall–Kier alpha value is -2.67. The van der Waals surface area contributed by atoms with E-state index in [0.717, 1.165) is 30.0 Å². The smallest absolute Gasteiger partial charge is 0.300 e. The normalized spacial score (nSPS) is 15.3. The van der Waals surface area contributed by atoms with Crippen LogP contribution >= 0.6 is 0 Å². The molecule has 24 heavy (non-hydrogen) atoms. The van der Waals surface area contributed by atoms with Crippen LogP contribution in [0.15, 0.2) is 41.7 Å². The van der Waals surface area contributed by atoms with E-state index in [2.05, 4.69) is 39.3 Å². The summed E-state index contributed by atoms with van der Waals surface area (Å²) in [5.74, 6) is 0.208. The molecule has 0 atom stereocenters. The van der Waals surface area contributed by atoms with Gasteiger partial charge in [-0.25, -0.2) is 0 Å². The first-order valence-electron chi connectivity index (χ1n) is 7.89. The van der Waals surface area contributed by atoms with Gasteiger partial charge < -0.3 is 4.90 Å². The van der Waals surface area contributed by atoms with E-state index in [1.807, 2.05) is 23.1 Å². The van der Waals surface area contributed by atoms with Crippen molar-refractivity contribution in [3.05, 3.63) is 47.0 Å². The third kappa shape index (κ3) is 3.62. The molecule has 2 heterocycles. The monoisotopic (exact) mass is 325 g/mol. The molecular formula is C17H19N5O2. The number of hydrogen-bond donors (Lipinski definition) is 0. The van der Waals surface area contributed by atoms with Crippen LogP contribution in [0.1, 0.15) is 5.56 Å². The lowest BCUT2D eigenvalue weighted by Gasteiger charge is -2.34. The lowest BCUT2D eigenvalue weighted by molar-refractivity contribution is -0.119. The van der Waals surface area contributed by atoms with Crippen LogP contribution in [0.4, 0.5) is 5.82 Å². The summed E-state index contributed by atoms with van der Waals surface area (Å²) in [6.45, 7) is 5.02. The van der Waals surface area contributed by atoms with Gasteiger partial charge in [-0.3, -0.25) is 9.69 Å². The van der Waals surface area contributed by atoms with Gasteiger partial charge in [0.2, 0.25) is 0 Å². The lowest BCUT2D eigenvalue weighted by atomic mass is 10.0. The Morgan fingerprint density at radius 1 is 1.21 bits per heavy atom. The van der Waals surface area contributed by atoms with Gasteiger partial charge in [0, 0.05) is 36.9 Å². The molecule has 0 unspecified atom stereocenters. The van der Waals surface area contributed by atoms with Crippen molar-refractivity contribution >= 4 is 11.7 Å². The minimum Gasteiger partial charge on any atom is -0.353 e.